The van der Waals surface area contributed by atoms with Crippen molar-refractivity contribution in [3.8, 4) is 0 Å². The summed E-state index contributed by atoms with van der Waals surface area (Å²) in [5, 5.41) is 10.3. The zero-order valence-corrected chi connectivity index (χ0v) is 12.5. The normalized spacial score (nSPS) is 12.5. The fraction of sp³-hybridized carbons (Fsp3) is 0.250. The highest BCUT2D eigenvalue weighted by molar-refractivity contribution is 9.10. The third kappa shape index (κ3) is 3.23. The lowest BCUT2D eigenvalue weighted by Crippen LogP contribution is -2.05. The molecule has 0 bridgehead atoms. The summed E-state index contributed by atoms with van der Waals surface area (Å²) in [6.07, 6.45) is -0.113. The summed E-state index contributed by atoms with van der Waals surface area (Å²) in [6, 6.07) is 10.5. The number of hydrogen-bond acceptors (Lipinski definition) is 1. The number of rotatable bonds is 3. The molecule has 0 aliphatic rings. The summed E-state index contributed by atoms with van der Waals surface area (Å²) in [5.74, 6) is -0.310. The number of hydrogen-bond donors (Lipinski definition) is 1. The fourth-order valence-electron chi connectivity index (χ4n) is 2.25. The van der Waals surface area contributed by atoms with Crippen LogP contribution >= 0.6 is 15.9 Å². The van der Waals surface area contributed by atoms with Gasteiger partial charge in [0, 0.05) is 10.9 Å². The average Bonchev–Trinajstić information content (AvgIpc) is 2.33. The van der Waals surface area contributed by atoms with Crippen LogP contribution in [0.25, 0.3) is 0 Å². The van der Waals surface area contributed by atoms with Gasteiger partial charge in [0.15, 0.2) is 0 Å². The Morgan fingerprint density at radius 1 is 1.16 bits per heavy atom. The van der Waals surface area contributed by atoms with Crippen molar-refractivity contribution < 1.29 is 9.50 Å². The van der Waals surface area contributed by atoms with Crippen molar-refractivity contribution in [2.45, 2.75) is 26.4 Å². The molecule has 3 heteroatoms. The molecule has 0 heterocycles. The molecule has 19 heavy (non-hydrogen) atoms. The van der Waals surface area contributed by atoms with E-state index in [1.54, 1.807) is 6.07 Å². The van der Waals surface area contributed by atoms with Gasteiger partial charge in [0.1, 0.15) is 5.82 Å². The molecule has 0 fully saturated rings. The average molecular weight is 323 g/mol. The molecule has 0 amide bonds. The van der Waals surface area contributed by atoms with E-state index >= 15 is 0 Å². The predicted molar refractivity (Wildman–Crippen MR) is 78.7 cm³/mol. The van der Waals surface area contributed by atoms with Gasteiger partial charge >= 0.3 is 0 Å². The molecule has 1 nitrogen and oxygen atoms in total. The second kappa shape index (κ2) is 5.85. The summed E-state index contributed by atoms with van der Waals surface area (Å²) in [4.78, 5) is 0. The Labute approximate surface area is 121 Å². The van der Waals surface area contributed by atoms with Crippen LogP contribution in [-0.2, 0) is 6.42 Å². The van der Waals surface area contributed by atoms with Crippen molar-refractivity contribution in [2.24, 2.45) is 0 Å². The Morgan fingerprint density at radius 2 is 1.79 bits per heavy atom. The third-order valence-electron chi connectivity index (χ3n) is 3.36. The van der Waals surface area contributed by atoms with E-state index in [4.69, 9.17) is 0 Å². The van der Waals surface area contributed by atoms with Crippen molar-refractivity contribution >= 4 is 15.9 Å². The number of benzene rings is 2. The molecule has 0 radical (unpaired) electrons. The van der Waals surface area contributed by atoms with Gasteiger partial charge in [0.2, 0.25) is 0 Å². The highest BCUT2D eigenvalue weighted by Crippen LogP contribution is 2.28. The lowest BCUT2D eigenvalue weighted by molar-refractivity contribution is 0.177. The molecule has 2 aromatic carbocycles. The molecule has 1 unspecified atom stereocenters. The maximum Gasteiger partial charge on any atom is 0.124 e. The van der Waals surface area contributed by atoms with Crippen LogP contribution in [0.5, 0.6) is 0 Å². The Bertz CT molecular complexity index is 575. The Morgan fingerprint density at radius 3 is 2.37 bits per heavy atom. The van der Waals surface area contributed by atoms with E-state index < -0.39 is 6.10 Å². The zero-order chi connectivity index (χ0) is 14.0. The van der Waals surface area contributed by atoms with Gasteiger partial charge in [0.25, 0.3) is 0 Å². The molecule has 100 valence electrons. The zero-order valence-electron chi connectivity index (χ0n) is 11.0. The Balaban J connectivity index is 2.28. The highest BCUT2D eigenvalue weighted by atomic mass is 79.9. The molecule has 2 aromatic rings. The van der Waals surface area contributed by atoms with Crippen LogP contribution in [0.15, 0.2) is 40.9 Å². The summed E-state index contributed by atoms with van der Waals surface area (Å²) in [5.41, 5.74) is 4.19. The Hall–Kier alpha value is -1.19. The molecule has 0 aromatic heterocycles. The smallest absolute Gasteiger partial charge is 0.124 e. The minimum atomic E-state index is -0.644. The van der Waals surface area contributed by atoms with Gasteiger partial charge in [0.05, 0.1) is 6.10 Å². The Kier molecular flexibility index (Phi) is 4.38. The minimum Gasteiger partial charge on any atom is -0.388 e. The van der Waals surface area contributed by atoms with E-state index in [0.717, 1.165) is 16.7 Å². The lowest BCUT2D eigenvalue weighted by Gasteiger charge is -2.16. The van der Waals surface area contributed by atoms with Crippen molar-refractivity contribution in [2.75, 3.05) is 0 Å². The lowest BCUT2D eigenvalue weighted by atomic mass is 9.94. The molecule has 1 atom stereocenters. The van der Waals surface area contributed by atoms with Crippen LogP contribution in [0.3, 0.4) is 0 Å². The first-order valence-electron chi connectivity index (χ1n) is 6.17. The molecule has 0 aliphatic carbocycles. The maximum atomic E-state index is 13.1. The fourth-order valence-corrected chi connectivity index (χ4v) is 2.86. The van der Waals surface area contributed by atoms with Crippen LogP contribution in [0.4, 0.5) is 4.39 Å². The van der Waals surface area contributed by atoms with Crippen LogP contribution in [0.1, 0.15) is 28.4 Å². The summed E-state index contributed by atoms with van der Waals surface area (Å²) >= 11 is 3.30. The summed E-state index contributed by atoms with van der Waals surface area (Å²) < 4.78 is 13.7. The molecule has 0 saturated heterocycles. The van der Waals surface area contributed by atoms with Gasteiger partial charge in [-0.25, -0.2) is 4.39 Å². The van der Waals surface area contributed by atoms with Gasteiger partial charge in [-0.15, -0.1) is 0 Å². The van der Waals surface area contributed by atoms with Crippen LogP contribution in [0, 0.1) is 19.7 Å². The van der Waals surface area contributed by atoms with Crippen LogP contribution in [0.2, 0.25) is 0 Å². The molecule has 0 saturated carbocycles. The van der Waals surface area contributed by atoms with Crippen LogP contribution < -0.4 is 0 Å². The van der Waals surface area contributed by atoms with Crippen LogP contribution in [-0.4, -0.2) is 5.11 Å². The first kappa shape index (κ1) is 14.2. The monoisotopic (exact) mass is 322 g/mol. The van der Waals surface area contributed by atoms with E-state index in [2.05, 4.69) is 15.9 Å². The first-order valence-corrected chi connectivity index (χ1v) is 6.96. The van der Waals surface area contributed by atoms with Gasteiger partial charge in [-0.3, -0.25) is 0 Å². The summed E-state index contributed by atoms with van der Waals surface area (Å²) in [7, 11) is 0. The number of aryl methyl sites for hydroxylation is 2. The van der Waals surface area contributed by atoms with Crippen molar-refractivity contribution in [3.05, 3.63) is 68.9 Å². The van der Waals surface area contributed by atoms with Gasteiger partial charge in [-0.1, -0.05) is 40.2 Å². The van der Waals surface area contributed by atoms with Gasteiger partial charge in [-0.2, -0.15) is 0 Å². The van der Waals surface area contributed by atoms with Crippen molar-refractivity contribution in [1.82, 2.24) is 0 Å². The van der Waals surface area contributed by atoms with E-state index in [0.29, 0.717) is 16.5 Å². The second-order valence-corrected chi connectivity index (χ2v) is 5.61. The van der Waals surface area contributed by atoms with E-state index in [9.17, 15) is 9.50 Å². The number of aliphatic hydroxyl groups is 1. The van der Waals surface area contributed by atoms with Gasteiger partial charge in [-0.05, 0) is 48.2 Å². The van der Waals surface area contributed by atoms with Crippen molar-refractivity contribution in [1.29, 1.82) is 0 Å². The van der Waals surface area contributed by atoms with E-state index in [-0.39, 0.29) is 5.82 Å². The number of aliphatic hydroxyl groups excluding tert-OH is 1. The van der Waals surface area contributed by atoms with Gasteiger partial charge < -0.3 is 5.11 Å². The largest absolute Gasteiger partial charge is 0.388 e. The minimum absolute atomic E-state index is 0.310. The maximum absolute atomic E-state index is 13.1. The second-order valence-electron chi connectivity index (χ2n) is 4.76. The molecule has 0 spiro atoms. The number of halogens is 2. The van der Waals surface area contributed by atoms with Crippen molar-refractivity contribution in [3.63, 3.8) is 0 Å². The molecular formula is C16H16BrFO. The third-order valence-corrected chi connectivity index (χ3v) is 4.05. The first-order chi connectivity index (χ1) is 8.99. The molecule has 1 N–H and O–H groups in total. The SMILES string of the molecule is Cc1cccc(C)c1CC(O)c1ccc(F)cc1Br. The standard InChI is InChI=1S/C16H16BrFO/c1-10-4-3-5-11(2)14(10)9-16(19)13-7-6-12(18)8-15(13)17/h3-8,16,19H,9H2,1-2H3. The van der Waals surface area contributed by atoms with E-state index in [1.807, 2.05) is 32.0 Å². The van der Waals surface area contributed by atoms with E-state index in [1.165, 1.54) is 12.1 Å². The molecule has 0 aliphatic heterocycles. The topological polar surface area (TPSA) is 20.2 Å². The molecule has 2 rings (SSSR count). The summed E-state index contributed by atoms with van der Waals surface area (Å²) in [6.45, 7) is 4.07. The molecular weight excluding hydrogens is 307 g/mol. The quantitative estimate of drug-likeness (QED) is 0.883. The predicted octanol–water partition coefficient (Wildman–Crippen LogP) is 4.48. The highest BCUT2D eigenvalue weighted by Gasteiger charge is 2.15.